The molecule has 0 unspecified atom stereocenters. The predicted octanol–water partition coefficient (Wildman–Crippen LogP) is 4.22. The molecule has 0 spiro atoms. The second-order valence-electron chi connectivity index (χ2n) is 5.64. The fraction of sp³-hybridized carbons (Fsp3) is 0.167. The molecule has 0 saturated heterocycles. The van der Waals surface area contributed by atoms with Crippen molar-refractivity contribution in [2.45, 2.75) is 13.0 Å². The molecule has 1 aromatic heterocycles. The van der Waals surface area contributed by atoms with Crippen LogP contribution in [0, 0.1) is 10.1 Å². The highest BCUT2D eigenvalue weighted by Crippen LogP contribution is 2.27. The molecular formula is C18H14ClN3O6. The fourth-order valence-corrected chi connectivity index (χ4v) is 2.50. The molecule has 0 N–H and O–H groups in total. The van der Waals surface area contributed by atoms with Crippen molar-refractivity contribution >= 4 is 23.3 Å². The van der Waals surface area contributed by atoms with Gasteiger partial charge in [0.05, 0.1) is 22.6 Å². The quantitative estimate of drug-likeness (QED) is 0.341. The van der Waals surface area contributed by atoms with E-state index in [1.807, 2.05) is 0 Å². The van der Waals surface area contributed by atoms with E-state index in [4.69, 9.17) is 25.5 Å². The number of halogens is 1. The average molecular weight is 404 g/mol. The fourth-order valence-electron chi connectivity index (χ4n) is 2.31. The number of carbonyl (C=O) groups is 1. The number of esters is 1. The Morgan fingerprint density at radius 3 is 2.57 bits per heavy atom. The van der Waals surface area contributed by atoms with Crippen LogP contribution in [-0.2, 0) is 4.74 Å². The van der Waals surface area contributed by atoms with Crippen LogP contribution < -0.4 is 4.74 Å². The first-order valence-electron chi connectivity index (χ1n) is 8.01. The molecule has 10 heteroatoms. The first kappa shape index (κ1) is 19.3. The molecule has 3 aromatic rings. The van der Waals surface area contributed by atoms with E-state index in [-0.39, 0.29) is 28.1 Å². The van der Waals surface area contributed by atoms with Crippen molar-refractivity contribution in [2.75, 3.05) is 7.11 Å². The first-order chi connectivity index (χ1) is 13.4. The Morgan fingerprint density at radius 1 is 1.21 bits per heavy atom. The minimum Gasteiger partial charge on any atom is -0.497 e. The lowest BCUT2D eigenvalue weighted by Crippen LogP contribution is -2.10. The van der Waals surface area contributed by atoms with Gasteiger partial charge in [0.1, 0.15) is 5.75 Å². The van der Waals surface area contributed by atoms with Gasteiger partial charge in [0.15, 0.2) is 6.10 Å². The van der Waals surface area contributed by atoms with Gasteiger partial charge in [-0.05, 0) is 37.3 Å². The summed E-state index contributed by atoms with van der Waals surface area (Å²) >= 11 is 5.95. The number of carbonyl (C=O) groups excluding carboxylic acids is 1. The van der Waals surface area contributed by atoms with E-state index in [2.05, 4.69) is 10.2 Å². The van der Waals surface area contributed by atoms with Gasteiger partial charge >= 0.3 is 5.97 Å². The summed E-state index contributed by atoms with van der Waals surface area (Å²) in [6.07, 6.45) is -0.887. The largest absolute Gasteiger partial charge is 0.497 e. The van der Waals surface area contributed by atoms with Gasteiger partial charge in [-0.1, -0.05) is 11.6 Å². The van der Waals surface area contributed by atoms with Crippen LogP contribution in [0.25, 0.3) is 11.5 Å². The van der Waals surface area contributed by atoms with E-state index in [0.717, 1.165) is 6.07 Å². The van der Waals surface area contributed by atoms with E-state index >= 15 is 0 Å². The molecule has 3 rings (SSSR count). The molecule has 0 amide bonds. The molecule has 1 heterocycles. The van der Waals surface area contributed by atoms with E-state index in [1.165, 1.54) is 19.1 Å². The minimum atomic E-state index is -0.887. The number of nitro benzene ring substituents is 1. The van der Waals surface area contributed by atoms with Gasteiger partial charge in [0.2, 0.25) is 5.89 Å². The molecule has 144 valence electrons. The van der Waals surface area contributed by atoms with E-state index in [1.54, 1.807) is 31.4 Å². The maximum absolute atomic E-state index is 12.3. The number of non-ortho nitro benzene ring substituents is 1. The van der Waals surface area contributed by atoms with Gasteiger partial charge in [0, 0.05) is 17.7 Å². The topological polar surface area (TPSA) is 118 Å². The van der Waals surface area contributed by atoms with Crippen molar-refractivity contribution in [2.24, 2.45) is 0 Å². The molecule has 0 aliphatic heterocycles. The monoisotopic (exact) mass is 403 g/mol. The summed E-state index contributed by atoms with van der Waals surface area (Å²) < 4.78 is 15.9. The Hall–Kier alpha value is -3.46. The van der Waals surface area contributed by atoms with Gasteiger partial charge in [0.25, 0.3) is 11.6 Å². The van der Waals surface area contributed by atoms with Crippen LogP contribution in [0.1, 0.15) is 29.3 Å². The molecule has 0 aliphatic rings. The van der Waals surface area contributed by atoms with Gasteiger partial charge in [-0.2, -0.15) is 0 Å². The molecule has 1 atom stereocenters. The van der Waals surface area contributed by atoms with Crippen LogP contribution in [0.15, 0.2) is 46.9 Å². The highest BCUT2D eigenvalue weighted by atomic mass is 35.5. The Bertz CT molecular complexity index is 1020. The number of ether oxygens (including phenoxy) is 2. The van der Waals surface area contributed by atoms with Crippen LogP contribution in [0.3, 0.4) is 0 Å². The first-order valence-corrected chi connectivity index (χ1v) is 8.39. The van der Waals surface area contributed by atoms with Crippen LogP contribution in [0.5, 0.6) is 5.75 Å². The third-order valence-electron chi connectivity index (χ3n) is 3.79. The van der Waals surface area contributed by atoms with Crippen LogP contribution in [0.2, 0.25) is 5.02 Å². The minimum absolute atomic E-state index is 0.0345. The van der Waals surface area contributed by atoms with Crippen molar-refractivity contribution in [1.82, 2.24) is 10.2 Å². The lowest BCUT2D eigenvalue weighted by molar-refractivity contribution is -0.384. The Kier molecular flexibility index (Phi) is 5.55. The summed E-state index contributed by atoms with van der Waals surface area (Å²) in [5, 5.41) is 18.7. The zero-order chi connectivity index (χ0) is 20.3. The van der Waals surface area contributed by atoms with Gasteiger partial charge in [-0.15, -0.1) is 10.2 Å². The molecule has 2 aromatic carbocycles. The van der Waals surface area contributed by atoms with E-state index in [9.17, 15) is 14.9 Å². The van der Waals surface area contributed by atoms with Gasteiger partial charge < -0.3 is 13.9 Å². The van der Waals surface area contributed by atoms with E-state index in [0.29, 0.717) is 11.3 Å². The SMILES string of the molecule is COc1ccc(-c2nnc([C@H](C)OC(=O)c3cc([N+](=O)[O-])ccc3Cl)o2)cc1. The normalized spacial score (nSPS) is 11.7. The predicted molar refractivity (Wildman–Crippen MR) is 98.2 cm³/mol. The summed E-state index contributed by atoms with van der Waals surface area (Å²) in [4.78, 5) is 22.6. The standard InChI is InChI=1S/C18H14ClN3O6/c1-10(27-18(23)14-9-12(22(24)25)5-8-15(14)19)16-20-21-17(28-16)11-3-6-13(26-2)7-4-11/h3-10H,1-2H3/t10-/m0/s1. The molecule has 0 bridgehead atoms. The number of hydrogen-bond donors (Lipinski definition) is 0. The molecule has 28 heavy (non-hydrogen) atoms. The molecular weight excluding hydrogens is 390 g/mol. The maximum Gasteiger partial charge on any atom is 0.340 e. The highest BCUT2D eigenvalue weighted by molar-refractivity contribution is 6.33. The highest BCUT2D eigenvalue weighted by Gasteiger charge is 2.23. The van der Waals surface area contributed by atoms with Crippen molar-refractivity contribution < 1.29 is 23.6 Å². The summed E-state index contributed by atoms with van der Waals surface area (Å²) in [5.41, 5.74) is 0.265. The third-order valence-corrected chi connectivity index (χ3v) is 4.12. The number of rotatable bonds is 6. The lowest BCUT2D eigenvalue weighted by Gasteiger charge is -2.10. The summed E-state index contributed by atoms with van der Waals surface area (Å²) in [6.45, 7) is 1.54. The summed E-state index contributed by atoms with van der Waals surface area (Å²) in [6, 6.07) is 10.5. The molecule has 9 nitrogen and oxygen atoms in total. The number of benzene rings is 2. The summed E-state index contributed by atoms with van der Waals surface area (Å²) in [7, 11) is 1.56. The number of aromatic nitrogens is 2. The van der Waals surface area contributed by atoms with E-state index < -0.39 is 17.0 Å². The van der Waals surface area contributed by atoms with Crippen molar-refractivity contribution in [3.63, 3.8) is 0 Å². The molecule has 0 radical (unpaired) electrons. The zero-order valence-electron chi connectivity index (χ0n) is 14.8. The van der Waals surface area contributed by atoms with Crippen molar-refractivity contribution in [1.29, 1.82) is 0 Å². The second kappa shape index (κ2) is 8.05. The van der Waals surface area contributed by atoms with Gasteiger partial charge in [-0.25, -0.2) is 4.79 Å². The molecule has 0 fully saturated rings. The molecule has 0 aliphatic carbocycles. The number of hydrogen-bond acceptors (Lipinski definition) is 8. The van der Waals surface area contributed by atoms with Crippen molar-refractivity contribution in [3.05, 3.63) is 69.1 Å². The lowest BCUT2D eigenvalue weighted by atomic mass is 10.2. The number of nitro groups is 1. The zero-order valence-corrected chi connectivity index (χ0v) is 15.5. The van der Waals surface area contributed by atoms with Crippen LogP contribution in [-0.4, -0.2) is 28.2 Å². The Labute approximate surface area is 164 Å². The summed E-state index contributed by atoms with van der Waals surface area (Å²) in [5.74, 6) is 0.152. The van der Waals surface area contributed by atoms with Crippen molar-refractivity contribution in [3.8, 4) is 17.2 Å². The van der Waals surface area contributed by atoms with Crippen LogP contribution in [0.4, 0.5) is 5.69 Å². The third kappa shape index (κ3) is 4.09. The maximum atomic E-state index is 12.3. The average Bonchev–Trinajstić information content (AvgIpc) is 3.18. The number of methoxy groups -OCH3 is 1. The Morgan fingerprint density at radius 2 is 1.93 bits per heavy atom. The second-order valence-corrected chi connectivity index (χ2v) is 6.05. The Balaban J connectivity index is 1.75. The van der Waals surface area contributed by atoms with Gasteiger partial charge in [-0.3, -0.25) is 10.1 Å². The smallest absolute Gasteiger partial charge is 0.340 e. The molecule has 0 saturated carbocycles. The number of nitrogens with zero attached hydrogens (tertiary/aromatic N) is 3. The van der Waals surface area contributed by atoms with Crippen LogP contribution >= 0.6 is 11.6 Å².